The molecule has 0 aromatic heterocycles. The fraction of sp³-hybridized carbons (Fsp3) is 0.909. The molecule has 1 N–H and O–H groups in total. The van der Waals surface area contributed by atoms with Gasteiger partial charge < -0.3 is 19.5 Å². The molecule has 0 aromatic rings. The van der Waals surface area contributed by atoms with Gasteiger partial charge in [-0.25, -0.2) is 4.79 Å². The fourth-order valence-corrected chi connectivity index (χ4v) is 2.12. The number of rotatable bonds is 0. The van der Waals surface area contributed by atoms with Crippen LogP contribution >= 0.6 is 0 Å². The second-order valence-electron chi connectivity index (χ2n) is 5.51. The standard InChI is InChI=1S/C11H19NO4/c1-11(2,3)16-10(14)12-4-7-6-15-8(5-12)9(7)13/h7-9,13H,4-6H2,1-3H3/t7-,8-,9-/m0/s1. The maximum Gasteiger partial charge on any atom is 0.410 e. The molecule has 92 valence electrons. The molecule has 1 amide bonds. The molecule has 5 nitrogen and oxygen atoms in total. The van der Waals surface area contributed by atoms with Gasteiger partial charge in [-0.15, -0.1) is 0 Å². The lowest BCUT2D eigenvalue weighted by Crippen LogP contribution is -2.51. The Labute approximate surface area is 95.3 Å². The molecule has 0 unspecified atom stereocenters. The van der Waals surface area contributed by atoms with Crippen molar-refractivity contribution in [1.29, 1.82) is 0 Å². The van der Waals surface area contributed by atoms with E-state index in [1.807, 2.05) is 20.8 Å². The quantitative estimate of drug-likeness (QED) is 0.661. The predicted molar refractivity (Wildman–Crippen MR) is 57.0 cm³/mol. The number of nitrogens with zero attached hydrogens (tertiary/aromatic N) is 1. The second-order valence-corrected chi connectivity index (χ2v) is 5.51. The number of ether oxygens (including phenoxy) is 2. The third kappa shape index (κ3) is 2.30. The van der Waals surface area contributed by atoms with Crippen LogP contribution in [-0.4, -0.2) is 53.6 Å². The van der Waals surface area contributed by atoms with E-state index in [1.165, 1.54) is 0 Å². The summed E-state index contributed by atoms with van der Waals surface area (Å²) in [6, 6.07) is 0. The molecule has 2 rings (SSSR count). The van der Waals surface area contributed by atoms with E-state index in [0.717, 1.165) is 0 Å². The Morgan fingerprint density at radius 1 is 1.44 bits per heavy atom. The SMILES string of the molecule is CC(C)(C)OC(=O)N1C[C@H]2CO[C@@H](C1)[C@H]2O. The van der Waals surface area contributed by atoms with Crippen molar-refractivity contribution < 1.29 is 19.4 Å². The number of carbonyl (C=O) groups excluding carboxylic acids is 1. The van der Waals surface area contributed by atoms with Crippen molar-refractivity contribution in [2.24, 2.45) is 5.92 Å². The number of carbonyl (C=O) groups is 1. The van der Waals surface area contributed by atoms with Crippen LogP contribution < -0.4 is 0 Å². The number of piperidine rings is 1. The summed E-state index contributed by atoms with van der Waals surface area (Å²) in [6.07, 6.45) is -0.996. The Balaban J connectivity index is 1.95. The van der Waals surface area contributed by atoms with Gasteiger partial charge in [-0.05, 0) is 20.8 Å². The van der Waals surface area contributed by atoms with E-state index < -0.39 is 11.7 Å². The zero-order valence-corrected chi connectivity index (χ0v) is 9.97. The molecular weight excluding hydrogens is 210 g/mol. The van der Waals surface area contributed by atoms with E-state index in [4.69, 9.17) is 9.47 Å². The van der Waals surface area contributed by atoms with E-state index in [9.17, 15) is 9.90 Å². The third-order valence-corrected chi connectivity index (χ3v) is 2.90. The molecule has 0 aliphatic carbocycles. The maximum atomic E-state index is 11.8. The zero-order valence-electron chi connectivity index (χ0n) is 9.97. The first kappa shape index (κ1) is 11.7. The molecule has 3 atom stereocenters. The summed E-state index contributed by atoms with van der Waals surface area (Å²) in [5, 5.41) is 9.74. The Morgan fingerprint density at radius 2 is 2.12 bits per heavy atom. The molecular formula is C11H19NO4. The zero-order chi connectivity index (χ0) is 11.9. The minimum absolute atomic E-state index is 0.0336. The van der Waals surface area contributed by atoms with Gasteiger partial charge in [-0.3, -0.25) is 0 Å². The van der Waals surface area contributed by atoms with Crippen LogP contribution in [0.3, 0.4) is 0 Å². The van der Waals surface area contributed by atoms with Crippen molar-refractivity contribution in [1.82, 2.24) is 4.90 Å². The highest BCUT2D eigenvalue weighted by molar-refractivity contribution is 5.68. The van der Waals surface area contributed by atoms with Crippen molar-refractivity contribution in [3.05, 3.63) is 0 Å². The van der Waals surface area contributed by atoms with Gasteiger partial charge in [-0.1, -0.05) is 0 Å². The van der Waals surface area contributed by atoms with E-state index in [2.05, 4.69) is 0 Å². The van der Waals surface area contributed by atoms with Crippen LogP contribution in [0.4, 0.5) is 4.79 Å². The first-order valence-corrected chi connectivity index (χ1v) is 5.64. The molecule has 0 spiro atoms. The smallest absolute Gasteiger partial charge is 0.410 e. The third-order valence-electron chi connectivity index (χ3n) is 2.90. The van der Waals surface area contributed by atoms with Gasteiger partial charge in [0.15, 0.2) is 0 Å². The van der Waals surface area contributed by atoms with Gasteiger partial charge >= 0.3 is 6.09 Å². The fourth-order valence-electron chi connectivity index (χ4n) is 2.12. The lowest BCUT2D eigenvalue weighted by Gasteiger charge is -2.34. The van der Waals surface area contributed by atoms with Crippen LogP contribution in [0, 0.1) is 5.92 Å². The summed E-state index contributed by atoms with van der Waals surface area (Å²) in [5.41, 5.74) is -0.479. The normalized spacial score (nSPS) is 34.0. The van der Waals surface area contributed by atoms with Crippen LogP contribution in [0.5, 0.6) is 0 Å². The molecule has 2 heterocycles. The highest BCUT2D eigenvalue weighted by atomic mass is 16.6. The average Bonchev–Trinajstić information content (AvgIpc) is 2.38. The van der Waals surface area contributed by atoms with Crippen LogP contribution in [0.1, 0.15) is 20.8 Å². The molecule has 2 aliphatic rings. The molecule has 0 aromatic carbocycles. The number of hydrogen-bond acceptors (Lipinski definition) is 4. The summed E-state index contributed by atoms with van der Waals surface area (Å²) >= 11 is 0. The molecule has 2 aliphatic heterocycles. The minimum atomic E-state index is -0.479. The number of amides is 1. The Morgan fingerprint density at radius 3 is 2.69 bits per heavy atom. The van der Waals surface area contributed by atoms with Gasteiger partial charge in [-0.2, -0.15) is 0 Å². The number of aliphatic hydroxyl groups excluding tert-OH is 1. The first-order valence-electron chi connectivity index (χ1n) is 5.64. The maximum absolute atomic E-state index is 11.8. The number of hydrogen-bond donors (Lipinski definition) is 1. The van der Waals surface area contributed by atoms with Crippen LogP contribution in [0.15, 0.2) is 0 Å². The van der Waals surface area contributed by atoms with Crippen molar-refractivity contribution in [2.75, 3.05) is 19.7 Å². The Kier molecular flexibility index (Phi) is 2.84. The van der Waals surface area contributed by atoms with Crippen LogP contribution in [0.2, 0.25) is 0 Å². The summed E-state index contributed by atoms with van der Waals surface area (Å²) in [6.45, 7) is 7.00. The summed E-state index contributed by atoms with van der Waals surface area (Å²) in [4.78, 5) is 13.4. The molecule has 16 heavy (non-hydrogen) atoms. The summed E-state index contributed by atoms with van der Waals surface area (Å²) in [5.74, 6) is 0.0336. The first-order chi connectivity index (χ1) is 7.37. The largest absolute Gasteiger partial charge is 0.444 e. The van der Waals surface area contributed by atoms with Gasteiger partial charge in [0.05, 0.1) is 19.3 Å². The van der Waals surface area contributed by atoms with Crippen molar-refractivity contribution in [2.45, 2.75) is 38.6 Å². The highest BCUT2D eigenvalue weighted by Crippen LogP contribution is 2.28. The molecule has 0 saturated carbocycles. The number of likely N-dealkylation sites (tertiary alicyclic amines) is 1. The van der Waals surface area contributed by atoms with E-state index in [-0.39, 0.29) is 18.1 Å². The summed E-state index contributed by atoms with van der Waals surface area (Å²) in [7, 11) is 0. The van der Waals surface area contributed by atoms with Gasteiger partial charge in [0.25, 0.3) is 0 Å². The van der Waals surface area contributed by atoms with Crippen LogP contribution in [-0.2, 0) is 9.47 Å². The average molecular weight is 229 g/mol. The lowest BCUT2D eigenvalue weighted by molar-refractivity contribution is -0.0251. The summed E-state index contributed by atoms with van der Waals surface area (Å²) < 4.78 is 10.7. The molecule has 2 saturated heterocycles. The molecule has 2 fully saturated rings. The van der Waals surface area contributed by atoms with E-state index >= 15 is 0 Å². The van der Waals surface area contributed by atoms with Gasteiger partial charge in [0, 0.05) is 12.5 Å². The van der Waals surface area contributed by atoms with Crippen molar-refractivity contribution >= 4 is 6.09 Å². The Bertz CT molecular complexity index is 272. The number of fused-ring (bicyclic) bond motifs is 2. The molecule has 2 bridgehead atoms. The monoisotopic (exact) mass is 229 g/mol. The number of aliphatic hydroxyl groups is 1. The predicted octanol–water partition coefficient (Wildman–Crippen LogP) is 0.613. The van der Waals surface area contributed by atoms with Gasteiger partial charge in [0.2, 0.25) is 0 Å². The van der Waals surface area contributed by atoms with E-state index in [0.29, 0.717) is 19.7 Å². The molecule has 0 radical (unpaired) electrons. The van der Waals surface area contributed by atoms with Crippen LogP contribution in [0.25, 0.3) is 0 Å². The van der Waals surface area contributed by atoms with Crippen molar-refractivity contribution in [3.63, 3.8) is 0 Å². The molecule has 5 heteroatoms. The second kappa shape index (κ2) is 3.89. The van der Waals surface area contributed by atoms with E-state index in [1.54, 1.807) is 4.90 Å². The van der Waals surface area contributed by atoms with Gasteiger partial charge in [0.1, 0.15) is 11.7 Å². The lowest BCUT2D eigenvalue weighted by atomic mass is 9.97. The topological polar surface area (TPSA) is 59.0 Å². The highest BCUT2D eigenvalue weighted by Gasteiger charge is 2.44. The minimum Gasteiger partial charge on any atom is -0.444 e. The van der Waals surface area contributed by atoms with Crippen molar-refractivity contribution in [3.8, 4) is 0 Å². The Hall–Kier alpha value is -0.810.